The monoisotopic (exact) mass is 261 g/mol. The number of H-pyrrole nitrogens is 1. The number of hydrogen-bond donors (Lipinski definition) is 2. The van der Waals surface area contributed by atoms with Gasteiger partial charge in [-0.05, 0) is 37.1 Å². The van der Waals surface area contributed by atoms with Gasteiger partial charge in [0, 0.05) is 5.69 Å². The molecule has 1 amide bonds. The molecule has 0 saturated heterocycles. The number of carbonyl (C=O) groups excluding carboxylic acids is 1. The van der Waals surface area contributed by atoms with Crippen LogP contribution >= 0.6 is 0 Å². The van der Waals surface area contributed by atoms with Crippen molar-refractivity contribution in [2.24, 2.45) is 0 Å². The van der Waals surface area contributed by atoms with E-state index in [1.807, 2.05) is 6.92 Å². The van der Waals surface area contributed by atoms with Gasteiger partial charge in [0.2, 0.25) is 0 Å². The molecule has 2 rings (SSSR count). The van der Waals surface area contributed by atoms with Crippen molar-refractivity contribution >= 4 is 11.6 Å². The lowest BCUT2D eigenvalue weighted by Crippen LogP contribution is -2.13. The molecule has 0 unspecified atom stereocenters. The van der Waals surface area contributed by atoms with Crippen molar-refractivity contribution in [2.75, 3.05) is 5.32 Å². The van der Waals surface area contributed by atoms with Crippen LogP contribution in [0.1, 0.15) is 35.1 Å². The van der Waals surface area contributed by atoms with E-state index in [9.17, 15) is 9.18 Å². The molecule has 19 heavy (non-hydrogen) atoms. The van der Waals surface area contributed by atoms with Crippen LogP contribution in [-0.2, 0) is 6.42 Å². The van der Waals surface area contributed by atoms with E-state index < -0.39 is 11.7 Å². The molecule has 0 saturated carbocycles. The molecule has 0 aliphatic heterocycles. The molecular weight excluding hydrogens is 245 g/mol. The number of hydrogen-bond acceptors (Lipinski definition) is 2. The first-order valence-electron chi connectivity index (χ1n) is 6.22. The largest absolute Gasteiger partial charge is 0.318 e. The number of anilines is 1. The SMILES string of the molecule is CCCc1cc(C(=O)Nc2ccc(C)cc2F)n[nH]1. The van der Waals surface area contributed by atoms with Crippen LogP contribution in [0.3, 0.4) is 0 Å². The number of aromatic amines is 1. The van der Waals surface area contributed by atoms with Crippen molar-refractivity contribution in [3.8, 4) is 0 Å². The van der Waals surface area contributed by atoms with Crippen molar-refractivity contribution in [3.05, 3.63) is 47.0 Å². The highest BCUT2D eigenvalue weighted by molar-refractivity contribution is 6.02. The Morgan fingerprint density at radius 3 is 2.89 bits per heavy atom. The molecule has 0 aliphatic carbocycles. The fourth-order valence-corrected chi connectivity index (χ4v) is 1.78. The summed E-state index contributed by atoms with van der Waals surface area (Å²) in [5.74, 6) is -0.862. The predicted octanol–water partition coefficient (Wildman–Crippen LogP) is 3.06. The molecule has 0 aliphatic rings. The number of aromatic nitrogens is 2. The van der Waals surface area contributed by atoms with Crippen molar-refractivity contribution < 1.29 is 9.18 Å². The van der Waals surface area contributed by atoms with Crippen molar-refractivity contribution in [2.45, 2.75) is 26.7 Å². The molecule has 1 heterocycles. The number of nitrogens with one attached hydrogen (secondary N) is 2. The number of aryl methyl sites for hydroxylation is 2. The predicted molar refractivity (Wildman–Crippen MR) is 71.7 cm³/mol. The number of amides is 1. The van der Waals surface area contributed by atoms with Crippen molar-refractivity contribution in [3.63, 3.8) is 0 Å². The molecule has 0 atom stereocenters. The summed E-state index contributed by atoms with van der Waals surface area (Å²) in [6, 6.07) is 6.35. The minimum Gasteiger partial charge on any atom is -0.318 e. The van der Waals surface area contributed by atoms with Crippen molar-refractivity contribution in [1.82, 2.24) is 10.2 Å². The van der Waals surface area contributed by atoms with Crippen molar-refractivity contribution in [1.29, 1.82) is 0 Å². The highest BCUT2D eigenvalue weighted by Crippen LogP contribution is 2.16. The van der Waals surface area contributed by atoms with Crippen LogP contribution in [0.5, 0.6) is 0 Å². The van der Waals surface area contributed by atoms with Gasteiger partial charge in [-0.25, -0.2) is 4.39 Å². The van der Waals surface area contributed by atoms with Gasteiger partial charge in [-0.15, -0.1) is 0 Å². The lowest BCUT2D eigenvalue weighted by atomic mass is 10.2. The van der Waals surface area contributed by atoms with Crippen LogP contribution in [0.2, 0.25) is 0 Å². The fraction of sp³-hybridized carbons (Fsp3) is 0.286. The van der Waals surface area contributed by atoms with Gasteiger partial charge < -0.3 is 5.32 Å². The number of halogens is 1. The zero-order chi connectivity index (χ0) is 13.8. The van der Waals surface area contributed by atoms with Crippen LogP contribution in [0.15, 0.2) is 24.3 Å². The third-order valence-electron chi connectivity index (χ3n) is 2.76. The van der Waals surface area contributed by atoms with Crippen LogP contribution in [-0.4, -0.2) is 16.1 Å². The van der Waals surface area contributed by atoms with Gasteiger partial charge in [-0.2, -0.15) is 5.10 Å². The molecule has 0 radical (unpaired) electrons. The first kappa shape index (κ1) is 13.3. The maximum atomic E-state index is 13.6. The maximum absolute atomic E-state index is 13.6. The van der Waals surface area contributed by atoms with E-state index in [0.29, 0.717) is 0 Å². The van der Waals surface area contributed by atoms with Crippen LogP contribution in [0, 0.1) is 12.7 Å². The second-order valence-electron chi connectivity index (χ2n) is 4.47. The van der Waals surface area contributed by atoms with Gasteiger partial charge in [0.1, 0.15) is 5.82 Å². The third-order valence-corrected chi connectivity index (χ3v) is 2.76. The summed E-state index contributed by atoms with van der Waals surface area (Å²) >= 11 is 0. The molecule has 1 aromatic carbocycles. The van der Waals surface area contributed by atoms with E-state index in [0.717, 1.165) is 24.1 Å². The number of benzene rings is 1. The van der Waals surface area contributed by atoms with E-state index in [-0.39, 0.29) is 11.4 Å². The molecule has 0 bridgehead atoms. The van der Waals surface area contributed by atoms with Gasteiger partial charge in [0.05, 0.1) is 5.69 Å². The Morgan fingerprint density at radius 2 is 2.21 bits per heavy atom. The summed E-state index contributed by atoms with van der Waals surface area (Å²) in [5.41, 5.74) is 2.14. The van der Waals surface area contributed by atoms with E-state index in [2.05, 4.69) is 15.5 Å². The molecule has 0 fully saturated rings. The maximum Gasteiger partial charge on any atom is 0.276 e. The quantitative estimate of drug-likeness (QED) is 0.888. The zero-order valence-electron chi connectivity index (χ0n) is 11.0. The molecule has 100 valence electrons. The standard InChI is InChI=1S/C14H16FN3O/c1-3-4-10-8-13(18-17-10)14(19)16-12-6-5-9(2)7-11(12)15/h5-8H,3-4H2,1-2H3,(H,16,19)(H,17,18). The van der Waals surface area contributed by atoms with Gasteiger partial charge >= 0.3 is 0 Å². The summed E-state index contributed by atoms with van der Waals surface area (Å²) in [6.07, 6.45) is 1.80. The minimum absolute atomic E-state index is 0.163. The van der Waals surface area contributed by atoms with Crippen LogP contribution in [0.4, 0.5) is 10.1 Å². The Hall–Kier alpha value is -2.17. The molecule has 4 nitrogen and oxygen atoms in total. The lowest BCUT2D eigenvalue weighted by molar-refractivity contribution is 0.102. The van der Waals surface area contributed by atoms with Gasteiger partial charge in [-0.3, -0.25) is 9.89 Å². The number of carbonyl (C=O) groups is 1. The average molecular weight is 261 g/mol. The highest BCUT2D eigenvalue weighted by Gasteiger charge is 2.12. The topological polar surface area (TPSA) is 57.8 Å². The Kier molecular flexibility index (Phi) is 3.94. The van der Waals surface area contributed by atoms with Crippen LogP contribution < -0.4 is 5.32 Å². The van der Waals surface area contributed by atoms with Gasteiger partial charge in [-0.1, -0.05) is 19.4 Å². The lowest BCUT2D eigenvalue weighted by Gasteiger charge is -2.05. The van der Waals surface area contributed by atoms with Gasteiger partial charge in [0.15, 0.2) is 5.69 Å². The first-order valence-corrected chi connectivity index (χ1v) is 6.22. The second kappa shape index (κ2) is 5.65. The zero-order valence-corrected chi connectivity index (χ0v) is 11.0. The van der Waals surface area contributed by atoms with Crippen LogP contribution in [0.25, 0.3) is 0 Å². The Balaban J connectivity index is 2.11. The fourth-order valence-electron chi connectivity index (χ4n) is 1.78. The smallest absolute Gasteiger partial charge is 0.276 e. The summed E-state index contributed by atoms with van der Waals surface area (Å²) in [4.78, 5) is 11.9. The Bertz CT molecular complexity index is 592. The molecule has 2 aromatic rings. The molecule has 2 N–H and O–H groups in total. The third kappa shape index (κ3) is 3.19. The second-order valence-corrected chi connectivity index (χ2v) is 4.47. The first-order chi connectivity index (χ1) is 9.10. The molecule has 0 spiro atoms. The minimum atomic E-state index is -0.447. The summed E-state index contributed by atoms with van der Waals surface area (Å²) < 4.78 is 13.6. The average Bonchev–Trinajstić information content (AvgIpc) is 2.82. The van der Waals surface area contributed by atoms with E-state index in [4.69, 9.17) is 0 Å². The normalized spacial score (nSPS) is 10.5. The Labute approximate surface area is 111 Å². The summed E-state index contributed by atoms with van der Waals surface area (Å²) in [7, 11) is 0. The molecule has 5 heteroatoms. The Morgan fingerprint density at radius 1 is 1.42 bits per heavy atom. The van der Waals surface area contributed by atoms with E-state index in [1.54, 1.807) is 25.1 Å². The summed E-state index contributed by atoms with van der Waals surface area (Å²) in [6.45, 7) is 3.84. The molecule has 1 aromatic heterocycles. The van der Waals surface area contributed by atoms with E-state index >= 15 is 0 Å². The number of rotatable bonds is 4. The highest BCUT2D eigenvalue weighted by atomic mass is 19.1. The summed E-state index contributed by atoms with van der Waals surface area (Å²) in [5, 5.41) is 9.22. The number of nitrogens with zero attached hydrogens (tertiary/aromatic N) is 1. The van der Waals surface area contributed by atoms with E-state index in [1.165, 1.54) is 6.07 Å². The molecular formula is C14H16FN3O. The van der Waals surface area contributed by atoms with Gasteiger partial charge in [0.25, 0.3) is 5.91 Å².